The van der Waals surface area contributed by atoms with Crippen LogP contribution in [0.15, 0.2) is 42.5 Å². The lowest BCUT2D eigenvalue weighted by Gasteiger charge is -2.36. The number of halogens is 1. The molecule has 0 N–H and O–H groups in total. The SMILES string of the molecule is COc1cccc(CN(C)C(=O)CN2CCN(c3ccccc3Cl)CC2)c1OC. The minimum atomic E-state index is 0.0843. The first-order valence-electron chi connectivity index (χ1n) is 9.69. The van der Waals surface area contributed by atoms with E-state index in [0.29, 0.717) is 24.6 Å². The molecule has 2 aromatic rings. The van der Waals surface area contributed by atoms with Gasteiger partial charge in [0.05, 0.1) is 31.5 Å². The van der Waals surface area contributed by atoms with Gasteiger partial charge in [-0.3, -0.25) is 9.69 Å². The van der Waals surface area contributed by atoms with Gasteiger partial charge in [0.25, 0.3) is 0 Å². The molecule has 0 spiro atoms. The second kappa shape index (κ2) is 9.85. The number of carbonyl (C=O) groups is 1. The number of methoxy groups -OCH3 is 2. The Bertz CT molecular complexity index is 838. The van der Waals surface area contributed by atoms with Crippen molar-refractivity contribution in [3.8, 4) is 11.5 Å². The highest BCUT2D eigenvalue weighted by atomic mass is 35.5. The van der Waals surface area contributed by atoms with E-state index < -0.39 is 0 Å². The molecule has 1 amide bonds. The fourth-order valence-electron chi connectivity index (χ4n) is 3.59. The van der Waals surface area contributed by atoms with Crippen LogP contribution in [0.25, 0.3) is 0 Å². The Morgan fingerprint density at radius 3 is 2.41 bits per heavy atom. The van der Waals surface area contributed by atoms with Crippen LogP contribution in [0.3, 0.4) is 0 Å². The quantitative estimate of drug-likeness (QED) is 0.692. The summed E-state index contributed by atoms with van der Waals surface area (Å²) in [6, 6.07) is 13.6. The van der Waals surface area contributed by atoms with E-state index in [2.05, 4.69) is 9.80 Å². The van der Waals surface area contributed by atoms with Crippen molar-refractivity contribution in [1.82, 2.24) is 9.80 Å². The summed E-state index contributed by atoms with van der Waals surface area (Å²) in [5.74, 6) is 1.42. The third kappa shape index (κ3) is 5.14. The van der Waals surface area contributed by atoms with E-state index in [4.69, 9.17) is 21.1 Å². The molecule has 3 rings (SSSR count). The minimum absolute atomic E-state index is 0.0843. The van der Waals surface area contributed by atoms with Crippen LogP contribution in [-0.2, 0) is 11.3 Å². The molecular formula is C22H28ClN3O3. The first-order valence-corrected chi connectivity index (χ1v) is 10.1. The largest absolute Gasteiger partial charge is 0.493 e. The van der Waals surface area contributed by atoms with Crippen LogP contribution in [0.5, 0.6) is 11.5 Å². The summed E-state index contributed by atoms with van der Waals surface area (Å²) in [6.07, 6.45) is 0. The van der Waals surface area contributed by atoms with Gasteiger partial charge in [0, 0.05) is 45.3 Å². The Morgan fingerprint density at radius 2 is 1.76 bits per heavy atom. The molecule has 0 aromatic heterocycles. The molecule has 1 fully saturated rings. The van der Waals surface area contributed by atoms with Crippen LogP contribution >= 0.6 is 11.6 Å². The van der Waals surface area contributed by atoms with Gasteiger partial charge in [-0.05, 0) is 18.2 Å². The Kier molecular flexibility index (Phi) is 7.23. The molecule has 0 atom stereocenters. The summed E-state index contributed by atoms with van der Waals surface area (Å²) in [4.78, 5) is 18.9. The number of ether oxygens (including phenoxy) is 2. The average molecular weight is 418 g/mol. The van der Waals surface area contributed by atoms with Crippen molar-refractivity contribution in [3.63, 3.8) is 0 Å². The maximum absolute atomic E-state index is 12.8. The summed E-state index contributed by atoms with van der Waals surface area (Å²) in [6.45, 7) is 4.23. The highest BCUT2D eigenvalue weighted by Gasteiger charge is 2.22. The van der Waals surface area contributed by atoms with Crippen molar-refractivity contribution in [1.29, 1.82) is 0 Å². The van der Waals surface area contributed by atoms with Crippen LogP contribution in [-0.4, -0.2) is 69.7 Å². The number of carbonyl (C=O) groups excluding carboxylic acids is 1. The second-order valence-electron chi connectivity index (χ2n) is 7.12. The van der Waals surface area contributed by atoms with E-state index in [1.807, 2.05) is 49.5 Å². The van der Waals surface area contributed by atoms with E-state index in [0.717, 1.165) is 42.5 Å². The number of likely N-dealkylation sites (N-methyl/N-ethyl adjacent to an activating group) is 1. The van der Waals surface area contributed by atoms with Gasteiger partial charge in [0.2, 0.25) is 5.91 Å². The molecule has 2 aromatic carbocycles. The number of nitrogens with zero attached hydrogens (tertiary/aromatic N) is 3. The molecule has 7 heteroatoms. The highest BCUT2D eigenvalue weighted by Crippen LogP contribution is 2.31. The van der Waals surface area contributed by atoms with Gasteiger partial charge >= 0.3 is 0 Å². The molecule has 1 saturated heterocycles. The number of piperazine rings is 1. The third-order valence-corrected chi connectivity index (χ3v) is 5.56. The zero-order chi connectivity index (χ0) is 20.8. The number of anilines is 1. The molecule has 0 saturated carbocycles. The number of hydrogen-bond donors (Lipinski definition) is 0. The first-order chi connectivity index (χ1) is 14.0. The van der Waals surface area contributed by atoms with Crippen LogP contribution in [0, 0.1) is 0 Å². The van der Waals surface area contributed by atoms with E-state index in [9.17, 15) is 4.79 Å². The van der Waals surface area contributed by atoms with Gasteiger partial charge in [-0.25, -0.2) is 0 Å². The maximum Gasteiger partial charge on any atom is 0.236 e. The van der Waals surface area contributed by atoms with Crippen LogP contribution in [0.4, 0.5) is 5.69 Å². The summed E-state index contributed by atoms with van der Waals surface area (Å²) in [5, 5.41) is 0.768. The predicted molar refractivity (Wildman–Crippen MR) is 116 cm³/mol. The molecule has 0 bridgehead atoms. The fourth-order valence-corrected chi connectivity index (χ4v) is 3.84. The molecule has 0 aliphatic carbocycles. The maximum atomic E-state index is 12.8. The third-order valence-electron chi connectivity index (χ3n) is 5.24. The molecule has 1 aliphatic heterocycles. The van der Waals surface area contributed by atoms with E-state index in [-0.39, 0.29) is 5.91 Å². The Labute approximate surface area is 177 Å². The number of hydrogen-bond acceptors (Lipinski definition) is 5. The number of para-hydroxylation sites is 2. The Morgan fingerprint density at radius 1 is 1.03 bits per heavy atom. The molecule has 0 radical (unpaired) electrons. The second-order valence-corrected chi connectivity index (χ2v) is 7.52. The molecule has 1 aliphatic rings. The smallest absolute Gasteiger partial charge is 0.236 e. The van der Waals surface area contributed by atoms with E-state index in [1.165, 1.54) is 0 Å². The van der Waals surface area contributed by atoms with Crippen LogP contribution < -0.4 is 14.4 Å². The molecular weight excluding hydrogens is 390 g/mol. The first kappa shape index (κ1) is 21.3. The van der Waals surface area contributed by atoms with Crippen molar-refractivity contribution in [2.45, 2.75) is 6.54 Å². The van der Waals surface area contributed by atoms with Crippen molar-refractivity contribution in [2.24, 2.45) is 0 Å². The standard InChI is InChI=1S/C22H28ClN3O3/c1-24(15-17-7-6-10-20(28-2)22(17)29-3)21(27)16-25-11-13-26(14-12-25)19-9-5-4-8-18(19)23/h4-10H,11-16H2,1-3H3. The topological polar surface area (TPSA) is 45.2 Å². The number of benzene rings is 2. The molecule has 156 valence electrons. The molecule has 6 nitrogen and oxygen atoms in total. The van der Waals surface area contributed by atoms with Crippen molar-refractivity contribution < 1.29 is 14.3 Å². The Hall–Kier alpha value is -2.44. The van der Waals surface area contributed by atoms with Gasteiger partial charge in [-0.1, -0.05) is 35.9 Å². The predicted octanol–water partition coefficient (Wildman–Crippen LogP) is 3.14. The Balaban J connectivity index is 1.54. The summed E-state index contributed by atoms with van der Waals surface area (Å²) in [5.41, 5.74) is 1.98. The zero-order valence-corrected chi connectivity index (χ0v) is 18.0. The van der Waals surface area contributed by atoms with Crippen molar-refractivity contribution in [3.05, 3.63) is 53.1 Å². The summed E-state index contributed by atoms with van der Waals surface area (Å²) >= 11 is 6.31. The molecule has 0 unspecified atom stereocenters. The molecule has 29 heavy (non-hydrogen) atoms. The van der Waals surface area contributed by atoms with Crippen LogP contribution in [0.2, 0.25) is 5.02 Å². The molecule has 1 heterocycles. The minimum Gasteiger partial charge on any atom is -0.493 e. The van der Waals surface area contributed by atoms with Gasteiger partial charge in [0.15, 0.2) is 11.5 Å². The van der Waals surface area contributed by atoms with Gasteiger partial charge in [-0.2, -0.15) is 0 Å². The van der Waals surface area contributed by atoms with E-state index >= 15 is 0 Å². The summed E-state index contributed by atoms with van der Waals surface area (Å²) in [7, 11) is 5.04. The lowest BCUT2D eigenvalue weighted by Crippen LogP contribution is -2.49. The number of amides is 1. The monoisotopic (exact) mass is 417 g/mol. The fraction of sp³-hybridized carbons (Fsp3) is 0.409. The van der Waals surface area contributed by atoms with E-state index in [1.54, 1.807) is 19.1 Å². The van der Waals surface area contributed by atoms with Gasteiger partial charge in [0.1, 0.15) is 0 Å². The van der Waals surface area contributed by atoms with Crippen LogP contribution in [0.1, 0.15) is 5.56 Å². The normalized spacial score (nSPS) is 14.6. The van der Waals surface area contributed by atoms with Gasteiger partial charge in [-0.15, -0.1) is 0 Å². The summed E-state index contributed by atoms with van der Waals surface area (Å²) < 4.78 is 10.8. The van der Waals surface area contributed by atoms with Gasteiger partial charge < -0.3 is 19.3 Å². The lowest BCUT2D eigenvalue weighted by atomic mass is 10.1. The lowest BCUT2D eigenvalue weighted by molar-refractivity contribution is -0.131. The number of rotatable bonds is 7. The highest BCUT2D eigenvalue weighted by molar-refractivity contribution is 6.33. The average Bonchev–Trinajstić information content (AvgIpc) is 2.74. The van der Waals surface area contributed by atoms with Crippen molar-refractivity contribution in [2.75, 3.05) is 58.9 Å². The zero-order valence-electron chi connectivity index (χ0n) is 17.2. The van der Waals surface area contributed by atoms with Crippen molar-refractivity contribution >= 4 is 23.2 Å².